The smallest absolute Gasteiger partial charge is 0.128 e. The van der Waals surface area contributed by atoms with Gasteiger partial charge in [-0.05, 0) is 125 Å². The van der Waals surface area contributed by atoms with Crippen LogP contribution in [0.5, 0.6) is 0 Å². The summed E-state index contributed by atoms with van der Waals surface area (Å²) in [6.07, 6.45) is 3.42. The van der Waals surface area contributed by atoms with Crippen LogP contribution < -0.4 is 0 Å². The van der Waals surface area contributed by atoms with Crippen LogP contribution in [0.15, 0.2) is 126 Å². The summed E-state index contributed by atoms with van der Waals surface area (Å²) in [6, 6.07) is 36.7. The van der Waals surface area contributed by atoms with Crippen molar-refractivity contribution in [3.63, 3.8) is 0 Å². The summed E-state index contributed by atoms with van der Waals surface area (Å²) in [5.41, 5.74) is 5.85. The normalized spacial score (nSPS) is 19.9. The minimum Gasteiger partial charge on any atom is -0.500 e. The number of nitrogens with zero attached hydrogens (tertiary/aromatic N) is 2. The number of pyridine rings is 2. The first kappa shape index (κ1) is 30.1. The van der Waals surface area contributed by atoms with E-state index in [-0.39, 0.29) is 53.2 Å². The number of benzene rings is 5. The van der Waals surface area contributed by atoms with Crippen molar-refractivity contribution in [2.24, 2.45) is 16.2 Å². The van der Waals surface area contributed by atoms with Crippen LogP contribution in [0.25, 0.3) is 66.7 Å². The van der Waals surface area contributed by atoms with E-state index in [1.807, 2.05) is 51.1 Å². The van der Waals surface area contributed by atoms with Gasteiger partial charge in [-0.3, -0.25) is 0 Å². The molecule has 0 N–H and O–H groups in total. The molecule has 0 saturated heterocycles. The molecule has 0 bridgehead atoms. The van der Waals surface area contributed by atoms with E-state index in [0.29, 0.717) is 79.9 Å². The van der Waals surface area contributed by atoms with E-state index in [9.17, 15) is 1.37 Å². The fourth-order valence-corrected chi connectivity index (χ4v) is 9.19. The third-order valence-corrected chi connectivity index (χ3v) is 11.2. The maximum atomic E-state index is 9.63. The van der Waals surface area contributed by atoms with Crippen molar-refractivity contribution in [1.82, 2.24) is 9.97 Å². The Labute approximate surface area is 411 Å². The zero-order valence-electron chi connectivity index (χ0n) is 51.8. The van der Waals surface area contributed by atoms with Gasteiger partial charge in [0.1, 0.15) is 5.58 Å². The summed E-state index contributed by atoms with van der Waals surface area (Å²) in [7, 11) is 0. The van der Waals surface area contributed by atoms with Crippen molar-refractivity contribution < 1.29 is 45.1 Å². The second-order valence-electron chi connectivity index (χ2n) is 19.1. The molecule has 3 nitrogen and oxygen atoms in total. The minimum atomic E-state index is -2.57. The Kier molecular flexibility index (Phi) is 8.66. The first-order chi connectivity index (χ1) is 35.4. The van der Waals surface area contributed by atoms with E-state index >= 15 is 0 Å². The SMILES string of the molecule is [2H]C([2H])([2H])c1c[c-]c(-c2ccc(C([2H])([2H])[2H])cn2)cc1.[2H]C([2H])([2H])c1cc(C2([2H])CC(C)(C)CC(C)(C)C2)ccc1-c1ccc(-c2cccc3c2oc2c(-c4cc(C([2H])([2H])C(C)(C)C)ccn4)[c-]ccc23)c(C([2H])([2H])[2H])c1.[Ir]. The van der Waals surface area contributed by atoms with Crippen molar-refractivity contribution in [2.75, 3.05) is 0 Å². The maximum Gasteiger partial charge on any atom is 0.128 e. The van der Waals surface area contributed by atoms with Gasteiger partial charge >= 0.3 is 0 Å². The van der Waals surface area contributed by atoms with E-state index in [4.69, 9.17) is 23.6 Å². The fourth-order valence-electron chi connectivity index (χ4n) is 9.19. The van der Waals surface area contributed by atoms with Gasteiger partial charge in [-0.25, -0.2) is 0 Å². The number of hydrogen-bond donors (Lipinski definition) is 0. The number of aryl methyl sites for hydroxylation is 4. The van der Waals surface area contributed by atoms with Gasteiger partial charge in [-0.15, -0.1) is 53.6 Å². The molecular formula is C59H62IrN2O-2. The zero-order chi connectivity index (χ0) is 56.7. The second kappa shape index (κ2) is 18.1. The molecule has 8 aromatic rings. The van der Waals surface area contributed by atoms with Crippen LogP contribution in [0, 0.1) is 55.8 Å². The van der Waals surface area contributed by atoms with Gasteiger partial charge in [0.15, 0.2) is 0 Å². The van der Waals surface area contributed by atoms with Crippen LogP contribution in [0.3, 0.4) is 0 Å². The number of fused-ring (bicyclic) bond motifs is 3. The number of rotatable bonds is 6. The summed E-state index contributed by atoms with van der Waals surface area (Å²) >= 11 is 0. The van der Waals surface area contributed by atoms with Crippen LogP contribution >= 0.6 is 0 Å². The van der Waals surface area contributed by atoms with E-state index in [2.05, 4.69) is 49.8 Å². The summed E-state index contributed by atoms with van der Waals surface area (Å²) in [5.74, 6) is -0.973. The van der Waals surface area contributed by atoms with Crippen LogP contribution in [0.2, 0.25) is 0 Å². The molecule has 0 amide bonds. The van der Waals surface area contributed by atoms with Crippen LogP contribution in [-0.2, 0) is 26.5 Å². The van der Waals surface area contributed by atoms with Crippen LogP contribution in [0.4, 0.5) is 0 Å². The molecule has 3 heterocycles. The quantitative estimate of drug-likeness (QED) is 0.156. The third-order valence-electron chi connectivity index (χ3n) is 11.2. The molecule has 1 aliphatic carbocycles. The molecule has 1 aliphatic rings. The van der Waals surface area contributed by atoms with Gasteiger partial charge in [0.05, 0.1) is 5.58 Å². The molecule has 325 valence electrons. The van der Waals surface area contributed by atoms with Crippen molar-refractivity contribution in [1.29, 1.82) is 0 Å². The summed E-state index contributed by atoms with van der Waals surface area (Å²) in [4.78, 5) is 8.66. The fraction of sp³-hybridized carbons (Fsp3) is 0.322. The average Bonchev–Trinajstić information content (AvgIpc) is 3.76. The molecule has 0 unspecified atom stereocenters. The van der Waals surface area contributed by atoms with Crippen LogP contribution in [0.1, 0.15) is 128 Å². The number of para-hydroxylation sites is 1. The number of hydrogen-bond acceptors (Lipinski definition) is 3. The Morgan fingerprint density at radius 3 is 2.17 bits per heavy atom. The molecule has 4 heteroatoms. The second-order valence-corrected chi connectivity index (χ2v) is 19.1. The maximum absolute atomic E-state index is 9.63. The Balaban J connectivity index is 0.000000353. The molecule has 0 atom stereocenters. The Morgan fingerprint density at radius 2 is 1.48 bits per heavy atom. The summed E-state index contributed by atoms with van der Waals surface area (Å²) in [6.45, 7) is 4.83. The summed E-state index contributed by atoms with van der Waals surface area (Å²) in [5, 5.41) is 1.54. The van der Waals surface area contributed by atoms with Gasteiger partial charge in [0.2, 0.25) is 0 Å². The molecule has 1 fully saturated rings. The molecule has 1 radical (unpaired) electrons. The van der Waals surface area contributed by atoms with Gasteiger partial charge in [0.25, 0.3) is 0 Å². The topological polar surface area (TPSA) is 38.9 Å². The van der Waals surface area contributed by atoms with Gasteiger partial charge < -0.3 is 14.4 Å². The largest absolute Gasteiger partial charge is 0.500 e. The van der Waals surface area contributed by atoms with Gasteiger partial charge in [0, 0.05) is 64.0 Å². The average molecular weight is 1020 g/mol. The predicted octanol–water partition coefficient (Wildman–Crippen LogP) is 16.5. The first-order valence-electron chi connectivity index (χ1n) is 28.5. The monoisotopic (exact) mass is 1020 g/mol. The molecule has 5 aromatic carbocycles. The van der Waals surface area contributed by atoms with Crippen molar-refractivity contribution in [3.8, 4) is 44.8 Å². The Bertz CT molecular complexity index is 3400. The minimum absolute atomic E-state index is 0. The standard InChI is InChI=1S/C46H50NO.C13H12N.Ir/c1-29-22-32(34-26-45(6,7)28-46(8,9)27-34)16-18-35(29)33-17-19-36(30(2)23-33)37-12-10-13-38-39-14-11-15-40(43(39)48-42(37)38)41-24-31(20-21-47-41)25-44(3,4)5;1-10-3-6-12(7-4-10)13-8-5-11(2)9-14-13;/h10-14,16-24,34H,25-28H2,1-9H3;3-6,8-9H,1-2H3;/q2*-1;/i1D3,2D3,25D2,34D;1D3,2D3;. The molecule has 1 saturated carbocycles. The first-order valence-corrected chi connectivity index (χ1v) is 21.0. The molecule has 9 rings (SSSR count). The van der Waals surface area contributed by atoms with E-state index < -0.39 is 45.1 Å². The van der Waals surface area contributed by atoms with Crippen LogP contribution in [-0.4, -0.2) is 9.97 Å². The van der Waals surface area contributed by atoms with Gasteiger partial charge in [-0.2, -0.15) is 0 Å². The Morgan fingerprint density at radius 1 is 0.730 bits per heavy atom. The number of furan rings is 1. The zero-order valence-corrected chi connectivity index (χ0v) is 39.2. The van der Waals surface area contributed by atoms with Crippen molar-refractivity contribution in [2.45, 2.75) is 107 Å². The number of aromatic nitrogens is 2. The van der Waals surface area contributed by atoms with E-state index in [1.165, 1.54) is 24.4 Å². The molecule has 0 aliphatic heterocycles. The molecular weight excluding hydrogens is 945 g/mol. The predicted molar refractivity (Wildman–Crippen MR) is 261 cm³/mol. The van der Waals surface area contributed by atoms with Crippen molar-refractivity contribution in [3.05, 3.63) is 167 Å². The Hall–Kier alpha value is -5.15. The molecule has 63 heavy (non-hydrogen) atoms. The molecule has 0 spiro atoms. The van der Waals surface area contributed by atoms with E-state index in [1.54, 1.807) is 66.9 Å². The third kappa shape index (κ3) is 10.5. The molecule has 3 aromatic heterocycles. The summed E-state index contributed by atoms with van der Waals surface area (Å²) < 4.78 is 129. The van der Waals surface area contributed by atoms with Crippen molar-refractivity contribution >= 4 is 21.9 Å². The van der Waals surface area contributed by atoms with Gasteiger partial charge in [-0.1, -0.05) is 145 Å². The van der Waals surface area contributed by atoms with E-state index in [0.717, 1.165) is 17.2 Å².